The SMILES string of the molecule is CC(C)c1ccc(Cl)c(-c2ccc(Cl)nc2CN2C(=O)O[C@H](c3cc(C(F)(F)F)cc(C(F)(F)F)c3)[C@@H]2C)c1. The molecule has 12 heteroatoms. The summed E-state index contributed by atoms with van der Waals surface area (Å²) in [5.41, 5.74) is -0.892. The molecule has 39 heavy (non-hydrogen) atoms. The van der Waals surface area contributed by atoms with Crippen LogP contribution in [0, 0.1) is 0 Å². The smallest absolute Gasteiger partial charge is 0.416 e. The van der Waals surface area contributed by atoms with Crippen LogP contribution in [-0.2, 0) is 23.6 Å². The van der Waals surface area contributed by atoms with Crippen LogP contribution in [-0.4, -0.2) is 22.0 Å². The number of carbonyl (C=O) groups is 1. The molecule has 1 aliphatic heterocycles. The van der Waals surface area contributed by atoms with E-state index in [1.807, 2.05) is 26.0 Å². The number of nitrogens with zero attached hydrogens (tertiary/aromatic N) is 2. The van der Waals surface area contributed by atoms with Crippen molar-refractivity contribution in [2.45, 2.75) is 57.7 Å². The maximum absolute atomic E-state index is 13.4. The average molecular weight is 591 g/mol. The van der Waals surface area contributed by atoms with Crippen LogP contribution in [0.2, 0.25) is 10.2 Å². The molecule has 2 aromatic carbocycles. The lowest BCUT2D eigenvalue weighted by atomic mass is 9.95. The van der Waals surface area contributed by atoms with Gasteiger partial charge >= 0.3 is 18.4 Å². The molecule has 1 aliphatic rings. The van der Waals surface area contributed by atoms with Crippen molar-refractivity contribution in [1.82, 2.24) is 9.88 Å². The molecule has 0 unspecified atom stereocenters. The fourth-order valence-corrected chi connectivity index (χ4v) is 4.80. The van der Waals surface area contributed by atoms with Crippen molar-refractivity contribution in [2.24, 2.45) is 0 Å². The molecular weight excluding hydrogens is 569 g/mol. The Balaban J connectivity index is 1.72. The Hall–Kier alpha value is -2.98. The van der Waals surface area contributed by atoms with Crippen LogP contribution in [0.4, 0.5) is 31.1 Å². The van der Waals surface area contributed by atoms with Crippen molar-refractivity contribution in [3.8, 4) is 11.1 Å². The van der Waals surface area contributed by atoms with Crippen molar-refractivity contribution < 1.29 is 35.9 Å². The molecule has 2 atom stereocenters. The van der Waals surface area contributed by atoms with Crippen LogP contribution in [0.5, 0.6) is 0 Å². The van der Waals surface area contributed by atoms with E-state index in [1.54, 1.807) is 18.2 Å². The highest BCUT2D eigenvalue weighted by atomic mass is 35.5. The summed E-state index contributed by atoms with van der Waals surface area (Å²) in [5, 5.41) is 0.540. The van der Waals surface area contributed by atoms with E-state index in [0.717, 1.165) is 5.56 Å². The van der Waals surface area contributed by atoms with Crippen LogP contribution in [0.1, 0.15) is 60.7 Å². The van der Waals surface area contributed by atoms with Gasteiger partial charge in [-0.1, -0.05) is 43.1 Å². The largest absolute Gasteiger partial charge is 0.439 e. The molecule has 0 radical (unpaired) electrons. The Morgan fingerprint density at radius 2 is 1.54 bits per heavy atom. The van der Waals surface area contributed by atoms with E-state index in [-0.39, 0.29) is 23.7 Å². The fraction of sp³-hybridized carbons (Fsp3) is 0.333. The van der Waals surface area contributed by atoms with E-state index < -0.39 is 47.3 Å². The normalized spacial score (nSPS) is 18.2. The molecule has 4 nitrogen and oxygen atoms in total. The molecule has 0 bridgehead atoms. The summed E-state index contributed by atoms with van der Waals surface area (Å²) in [6, 6.07) is 8.95. The third-order valence-corrected chi connectivity index (χ3v) is 7.08. The highest BCUT2D eigenvalue weighted by Crippen LogP contribution is 2.42. The van der Waals surface area contributed by atoms with Gasteiger partial charge in [0, 0.05) is 16.1 Å². The molecule has 1 aromatic heterocycles. The number of aromatic nitrogens is 1. The third-order valence-electron chi connectivity index (χ3n) is 6.54. The first-order valence-electron chi connectivity index (χ1n) is 11.8. The molecular formula is C27H22Cl2F6N2O2. The highest BCUT2D eigenvalue weighted by Gasteiger charge is 2.43. The number of ether oxygens (including phenoxy) is 1. The second-order valence-corrected chi connectivity index (χ2v) is 10.3. The van der Waals surface area contributed by atoms with Gasteiger partial charge < -0.3 is 4.74 Å². The lowest BCUT2D eigenvalue weighted by Gasteiger charge is -2.23. The second kappa shape index (κ2) is 10.5. The fourth-order valence-electron chi connectivity index (χ4n) is 4.41. The van der Waals surface area contributed by atoms with Gasteiger partial charge in [-0.15, -0.1) is 0 Å². The number of alkyl halides is 6. The second-order valence-electron chi connectivity index (χ2n) is 9.53. The number of benzene rings is 2. The Morgan fingerprint density at radius 1 is 0.923 bits per heavy atom. The minimum atomic E-state index is -5.04. The number of hydrogen-bond acceptors (Lipinski definition) is 3. The number of halogens is 8. The molecule has 3 aromatic rings. The van der Waals surface area contributed by atoms with E-state index in [2.05, 4.69) is 4.98 Å². The first kappa shape index (κ1) is 29.0. The molecule has 0 spiro atoms. The monoisotopic (exact) mass is 590 g/mol. The minimum Gasteiger partial charge on any atom is -0.439 e. The van der Waals surface area contributed by atoms with Crippen molar-refractivity contribution in [2.75, 3.05) is 0 Å². The van der Waals surface area contributed by atoms with E-state index in [9.17, 15) is 31.1 Å². The van der Waals surface area contributed by atoms with Gasteiger partial charge in [0.1, 0.15) is 11.3 Å². The van der Waals surface area contributed by atoms with Crippen LogP contribution < -0.4 is 0 Å². The van der Waals surface area contributed by atoms with E-state index >= 15 is 0 Å². The molecule has 1 fully saturated rings. The summed E-state index contributed by atoms with van der Waals surface area (Å²) in [6.07, 6.45) is -12.4. The molecule has 0 aliphatic carbocycles. The molecule has 208 valence electrons. The predicted molar refractivity (Wildman–Crippen MR) is 134 cm³/mol. The number of cyclic esters (lactones) is 1. The Kier molecular flexibility index (Phi) is 7.84. The average Bonchev–Trinajstić information content (AvgIpc) is 3.11. The van der Waals surface area contributed by atoms with E-state index in [0.29, 0.717) is 34.0 Å². The van der Waals surface area contributed by atoms with Gasteiger partial charge in [0.15, 0.2) is 0 Å². The van der Waals surface area contributed by atoms with Crippen molar-refractivity contribution >= 4 is 29.3 Å². The Labute approximate surface area is 230 Å². The lowest BCUT2D eigenvalue weighted by Crippen LogP contribution is -2.32. The van der Waals surface area contributed by atoms with E-state index in [4.69, 9.17) is 27.9 Å². The van der Waals surface area contributed by atoms with Crippen molar-refractivity contribution in [1.29, 1.82) is 0 Å². The van der Waals surface area contributed by atoms with Gasteiger partial charge in [-0.25, -0.2) is 9.78 Å². The number of rotatable bonds is 5. The van der Waals surface area contributed by atoms with Crippen LogP contribution in [0.15, 0.2) is 48.5 Å². The minimum absolute atomic E-state index is 0.0277. The highest BCUT2D eigenvalue weighted by molar-refractivity contribution is 6.33. The zero-order chi connectivity index (χ0) is 28.9. The first-order chi connectivity index (χ1) is 18.1. The van der Waals surface area contributed by atoms with Crippen molar-refractivity contribution in [3.63, 3.8) is 0 Å². The predicted octanol–water partition coefficient (Wildman–Crippen LogP) is 9.30. The van der Waals surface area contributed by atoms with Gasteiger partial charge in [0.2, 0.25) is 0 Å². The zero-order valence-electron chi connectivity index (χ0n) is 20.8. The topological polar surface area (TPSA) is 42.4 Å². The number of hydrogen-bond donors (Lipinski definition) is 0. The molecule has 1 saturated heterocycles. The quantitative estimate of drug-likeness (QED) is 0.219. The van der Waals surface area contributed by atoms with Gasteiger partial charge in [0.05, 0.1) is 29.4 Å². The number of carbonyl (C=O) groups excluding carboxylic acids is 1. The molecule has 1 amide bonds. The molecule has 0 saturated carbocycles. The van der Waals surface area contributed by atoms with Gasteiger partial charge in [-0.05, 0) is 66.4 Å². The van der Waals surface area contributed by atoms with Crippen LogP contribution in [0.25, 0.3) is 11.1 Å². The number of pyridine rings is 1. The molecule has 2 heterocycles. The Morgan fingerprint density at radius 3 is 2.10 bits per heavy atom. The van der Waals surface area contributed by atoms with E-state index in [1.165, 1.54) is 11.8 Å². The molecule has 0 N–H and O–H groups in total. The zero-order valence-corrected chi connectivity index (χ0v) is 22.3. The summed E-state index contributed by atoms with van der Waals surface area (Å²) in [7, 11) is 0. The summed E-state index contributed by atoms with van der Waals surface area (Å²) in [5.74, 6) is 0.188. The standard InChI is InChI=1S/C27H22Cl2F6N2O2/c1-13(2)15-4-6-21(28)20(10-15)19-5-7-23(29)36-22(19)12-37-14(3)24(39-25(37)38)16-8-17(26(30,31)32)11-18(9-16)27(33,34)35/h4-11,13-14,24H,12H2,1-3H3/t14-,24-/m0/s1. The van der Waals surface area contributed by atoms with Crippen LogP contribution >= 0.6 is 23.2 Å². The summed E-state index contributed by atoms with van der Waals surface area (Å²) in [6.45, 7) is 5.31. The summed E-state index contributed by atoms with van der Waals surface area (Å²) in [4.78, 5) is 18.4. The lowest BCUT2D eigenvalue weighted by molar-refractivity contribution is -0.143. The first-order valence-corrected chi connectivity index (χ1v) is 12.5. The maximum Gasteiger partial charge on any atom is 0.416 e. The number of amides is 1. The Bertz CT molecular complexity index is 1380. The summed E-state index contributed by atoms with van der Waals surface area (Å²) < 4.78 is 85.7. The van der Waals surface area contributed by atoms with Gasteiger partial charge in [0.25, 0.3) is 0 Å². The molecule has 4 rings (SSSR count). The van der Waals surface area contributed by atoms with Gasteiger partial charge in [-0.3, -0.25) is 4.90 Å². The van der Waals surface area contributed by atoms with Gasteiger partial charge in [-0.2, -0.15) is 26.3 Å². The maximum atomic E-state index is 13.4. The summed E-state index contributed by atoms with van der Waals surface area (Å²) >= 11 is 12.6. The third kappa shape index (κ3) is 6.11. The van der Waals surface area contributed by atoms with Crippen LogP contribution in [0.3, 0.4) is 0 Å². The van der Waals surface area contributed by atoms with Crippen molar-refractivity contribution in [3.05, 3.63) is 86.7 Å².